The Bertz CT molecular complexity index is 539. The average molecular weight is 249 g/mol. The van der Waals surface area contributed by atoms with Gasteiger partial charge in [-0.1, -0.05) is 0 Å². The van der Waals surface area contributed by atoms with Gasteiger partial charge in [0, 0.05) is 24.8 Å². The molecule has 6 nitrogen and oxygen atoms in total. The quantitative estimate of drug-likeness (QED) is 0.862. The van der Waals surface area contributed by atoms with E-state index in [4.69, 9.17) is 0 Å². The van der Waals surface area contributed by atoms with Crippen molar-refractivity contribution in [1.82, 2.24) is 14.3 Å². The summed E-state index contributed by atoms with van der Waals surface area (Å²) in [4.78, 5) is 20.0. The summed E-state index contributed by atoms with van der Waals surface area (Å²) in [6, 6.07) is 1.65. The molecule has 0 saturated heterocycles. The number of anilines is 2. The number of amides is 1. The monoisotopic (exact) mass is 249 g/mol. The molecule has 0 unspecified atom stereocenters. The molecule has 0 radical (unpaired) electrons. The SMILES string of the molecule is CNc1cnccc1C(=O)Nc1nc(C)ns1. The zero-order valence-corrected chi connectivity index (χ0v) is 10.2. The van der Waals surface area contributed by atoms with Gasteiger partial charge in [0.1, 0.15) is 5.82 Å². The van der Waals surface area contributed by atoms with Gasteiger partial charge in [0.05, 0.1) is 17.4 Å². The van der Waals surface area contributed by atoms with Crippen molar-refractivity contribution < 1.29 is 4.79 Å². The predicted octanol–water partition coefficient (Wildman–Crippen LogP) is 1.54. The Morgan fingerprint density at radius 2 is 2.29 bits per heavy atom. The third-order valence-electron chi connectivity index (χ3n) is 2.08. The summed E-state index contributed by atoms with van der Waals surface area (Å²) in [6.45, 7) is 1.78. The van der Waals surface area contributed by atoms with Crippen molar-refractivity contribution >= 4 is 28.3 Å². The average Bonchev–Trinajstić information content (AvgIpc) is 2.74. The Morgan fingerprint density at radius 1 is 1.47 bits per heavy atom. The van der Waals surface area contributed by atoms with Crippen molar-refractivity contribution in [2.24, 2.45) is 0 Å². The van der Waals surface area contributed by atoms with Gasteiger partial charge in [0.15, 0.2) is 0 Å². The van der Waals surface area contributed by atoms with Crippen LogP contribution in [0.2, 0.25) is 0 Å². The van der Waals surface area contributed by atoms with Crippen LogP contribution in [-0.2, 0) is 0 Å². The van der Waals surface area contributed by atoms with E-state index in [2.05, 4.69) is 25.0 Å². The van der Waals surface area contributed by atoms with Gasteiger partial charge in [-0.25, -0.2) is 4.98 Å². The van der Waals surface area contributed by atoms with Crippen LogP contribution in [0.4, 0.5) is 10.8 Å². The zero-order chi connectivity index (χ0) is 12.3. The molecule has 0 atom stereocenters. The summed E-state index contributed by atoms with van der Waals surface area (Å²) in [5, 5.41) is 6.10. The van der Waals surface area contributed by atoms with Crippen LogP contribution in [0.3, 0.4) is 0 Å². The van der Waals surface area contributed by atoms with Gasteiger partial charge in [0.25, 0.3) is 5.91 Å². The number of aryl methyl sites for hydroxylation is 1. The van der Waals surface area contributed by atoms with Crippen molar-refractivity contribution in [2.45, 2.75) is 6.92 Å². The minimum atomic E-state index is -0.229. The van der Waals surface area contributed by atoms with E-state index < -0.39 is 0 Å². The molecule has 2 heterocycles. The third kappa shape index (κ3) is 2.56. The highest BCUT2D eigenvalue weighted by Gasteiger charge is 2.12. The minimum Gasteiger partial charge on any atom is -0.386 e. The summed E-state index contributed by atoms with van der Waals surface area (Å²) >= 11 is 1.16. The second-order valence-electron chi connectivity index (χ2n) is 3.27. The number of pyridine rings is 1. The predicted molar refractivity (Wildman–Crippen MR) is 66.4 cm³/mol. The summed E-state index contributed by atoms with van der Waals surface area (Å²) in [6.07, 6.45) is 3.17. The lowest BCUT2D eigenvalue weighted by Gasteiger charge is -2.06. The molecule has 0 aliphatic heterocycles. The van der Waals surface area contributed by atoms with Crippen LogP contribution in [0.15, 0.2) is 18.5 Å². The van der Waals surface area contributed by atoms with E-state index in [-0.39, 0.29) is 5.91 Å². The van der Waals surface area contributed by atoms with Gasteiger partial charge < -0.3 is 5.32 Å². The van der Waals surface area contributed by atoms with E-state index in [1.165, 1.54) is 0 Å². The van der Waals surface area contributed by atoms with E-state index >= 15 is 0 Å². The summed E-state index contributed by atoms with van der Waals surface area (Å²) < 4.78 is 3.99. The number of nitrogens with zero attached hydrogens (tertiary/aromatic N) is 3. The maximum Gasteiger partial charge on any atom is 0.259 e. The smallest absolute Gasteiger partial charge is 0.259 e. The standard InChI is InChI=1S/C10H11N5OS/c1-6-13-10(17-15-6)14-9(16)7-3-4-12-5-8(7)11-2/h3-5,11H,1-2H3,(H,13,14,15,16). The zero-order valence-electron chi connectivity index (χ0n) is 9.39. The fourth-order valence-corrected chi connectivity index (χ4v) is 1.87. The summed E-state index contributed by atoms with van der Waals surface area (Å²) in [7, 11) is 1.74. The van der Waals surface area contributed by atoms with Gasteiger partial charge >= 0.3 is 0 Å². The molecule has 0 aliphatic rings. The molecule has 0 bridgehead atoms. The molecule has 88 valence electrons. The van der Waals surface area contributed by atoms with Crippen molar-refractivity contribution in [3.63, 3.8) is 0 Å². The number of hydrogen-bond acceptors (Lipinski definition) is 6. The van der Waals surface area contributed by atoms with Crippen LogP contribution in [0.25, 0.3) is 0 Å². The van der Waals surface area contributed by atoms with Crippen LogP contribution < -0.4 is 10.6 Å². The molecule has 0 fully saturated rings. The fourth-order valence-electron chi connectivity index (χ4n) is 1.30. The molecular formula is C10H11N5OS. The van der Waals surface area contributed by atoms with Crippen molar-refractivity contribution in [2.75, 3.05) is 17.7 Å². The molecule has 0 aromatic carbocycles. The number of aromatic nitrogens is 3. The van der Waals surface area contributed by atoms with Gasteiger partial charge in [-0.15, -0.1) is 0 Å². The number of nitrogens with one attached hydrogen (secondary N) is 2. The highest BCUT2D eigenvalue weighted by molar-refractivity contribution is 7.09. The van der Waals surface area contributed by atoms with Crippen molar-refractivity contribution in [3.8, 4) is 0 Å². The number of carbonyl (C=O) groups excluding carboxylic acids is 1. The maximum absolute atomic E-state index is 12.0. The molecular weight excluding hydrogens is 238 g/mol. The van der Waals surface area contributed by atoms with Crippen molar-refractivity contribution in [3.05, 3.63) is 29.8 Å². The molecule has 1 amide bonds. The Labute approximate surface area is 102 Å². The molecule has 2 aromatic heterocycles. The van der Waals surface area contributed by atoms with Gasteiger partial charge in [-0.3, -0.25) is 15.1 Å². The number of rotatable bonds is 3. The Hall–Kier alpha value is -2.02. The summed E-state index contributed by atoms with van der Waals surface area (Å²) in [5.41, 5.74) is 1.20. The van der Waals surface area contributed by atoms with E-state index in [1.54, 1.807) is 32.4 Å². The van der Waals surface area contributed by atoms with E-state index in [1.807, 2.05) is 0 Å². The number of carbonyl (C=O) groups is 1. The first-order valence-corrected chi connectivity index (χ1v) is 5.71. The van der Waals surface area contributed by atoms with E-state index in [0.717, 1.165) is 11.5 Å². The first-order chi connectivity index (χ1) is 8.20. The minimum absolute atomic E-state index is 0.229. The van der Waals surface area contributed by atoms with E-state index in [9.17, 15) is 4.79 Å². The van der Waals surface area contributed by atoms with Crippen LogP contribution >= 0.6 is 11.5 Å². The maximum atomic E-state index is 12.0. The van der Waals surface area contributed by atoms with Crippen LogP contribution in [0, 0.1) is 6.92 Å². The lowest BCUT2D eigenvalue weighted by molar-refractivity contribution is 0.102. The lowest BCUT2D eigenvalue weighted by atomic mass is 10.2. The Balaban J connectivity index is 2.20. The first-order valence-electron chi connectivity index (χ1n) is 4.94. The molecule has 0 spiro atoms. The van der Waals surface area contributed by atoms with Gasteiger partial charge in [-0.05, 0) is 13.0 Å². The molecule has 2 aromatic rings. The second kappa shape index (κ2) is 4.88. The molecule has 2 rings (SSSR count). The molecule has 0 aliphatic carbocycles. The molecule has 2 N–H and O–H groups in total. The largest absolute Gasteiger partial charge is 0.386 e. The second-order valence-corrected chi connectivity index (χ2v) is 4.02. The fraction of sp³-hybridized carbons (Fsp3) is 0.200. The highest BCUT2D eigenvalue weighted by atomic mass is 32.1. The summed E-state index contributed by atoms with van der Waals surface area (Å²) in [5.74, 6) is 0.418. The molecule has 17 heavy (non-hydrogen) atoms. The Kier molecular flexibility index (Phi) is 3.29. The highest BCUT2D eigenvalue weighted by Crippen LogP contribution is 2.16. The van der Waals surface area contributed by atoms with Gasteiger partial charge in [-0.2, -0.15) is 4.37 Å². The van der Waals surface area contributed by atoms with Crippen LogP contribution in [-0.4, -0.2) is 27.3 Å². The first kappa shape index (κ1) is 11.5. The van der Waals surface area contributed by atoms with E-state index in [0.29, 0.717) is 22.2 Å². The number of hydrogen-bond donors (Lipinski definition) is 2. The Morgan fingerprint density at radius 3 is 2.94 bits per heavy atom. The van der Waals surface area contributed by atoms with Crippen LogP contribution in [0.1, 0.15) is 16.2 Å². The molecule has 7 heteroatoms. The van der Waals surface area contributed by atoms with Crippen LogP contribution in [0.5, 0.6) is 0 Å². The lowest BCUT2D eigenvalue weighted by Crippen LogP contribution is -2.14. The topological polar surface area (TPSA) is 79.8 Å². The third-order valence-corrected chi connectivity index (χ3v) is 2.80. The van der Waals surface area contributed by atoms with Gasteiger partial charge in [0.2, 0.25) is 5.13 Å². The van der Waals surface area contributed by atoms with Crippen molar-refractivity contribution in [1.29, 1.82) is 0 Å². The molecule has 0 saturated carbocycles. The normalized spacial score (nSPS) is 10.0.